The van der Waals surface area contributed by atoms with Crippen molar-refractivity contribution in [2.24, 2.45) is 11.7 Å². The molecule has 2 unspecified atom stereocenters. The number of esters is 1. The van der Waals surface area contributed by atoms with E-state index in [4.69, 9.17) is 5.73 Å². The van der Waals surface area contributed by atoms with Crippen molar-refractivity contribution >= 4 is 16.0 Å². The summed E-state index contributed by atoms with van der Waals surface area (Å²) in [5.41, 5.74) is 5.69. The molecule has 7 heteroatoms. The molecule has 0 aromatic heterocycles. The van der Waals surface area contributed by atoms with E-state index in [1.54, 1.807) is 0 Å². The Bertz CT molecular complexity index is 383. The molecule has 2 N–H and O–H groups in total. The minimum atomic E-state index is -3.61. The number of nitrogens with two attached hydrogens (primary N) is 1. The highest BCUT2D eigenvalue weighted by atomic mass is 32.2. The van der Waals surface area contributed by atoms with E-state index < -0.39 is 21.7 Å². The maximum atomic E-state index is 12.0. The lowest BCUT2D eigenvalue weighted by molar-refractivity contribution is -0.137. The zero-order valence-corrected chi connectivity index (χ0v) is 11.8. The van der Waals surface area contributed by atoms with E-state index in [0.29, 0.717) is 6.54 Å². The van der Waals surface area contributed by atoms with Gasteiger partial charge in [-0.3, -0.25) is 4.79 Å². The van der Waals surface area contributed by atoms with Crippen molar-refractivity contribution in [1.29, 1.82) is 0 Å². The minimum Gasteiger partial charge on any atom is -0.468 e. The molecule has 1 saturated carbocycles. The number of methoxy groups -OCH3 is 1. The van der Waals surface area contributed by atoms with Gasteiger partial charge in [-0.2, -0.15) is 0 Å². The third kappa shape index (κ3) is 3.66. The van der Waals surface area contributed by atoms with E-state index in [1.807, 2.05) is 0 Å². The highest BCUT2D eigenvalue weighted by Crippen LogP contribution is 2.28. The van der Waals surface area contributed by atoms with Crippen LogP contribution in [0.5, 0.6) is 0 Å². The zero-order chi connectivity index (χ0) is 13.8. The Kier molecular flexibility index (Phi) is 5.55. The zero-order valence-electron chi connectivity index (χ0n) is 11.0. The highest BCUT2D eigenvalue weighted by molar-refractivity contribution is 7.89. The Morgan fingerprint density at radius 3 is 2.56 bits per heavy atom. The van der Waals surface area contributed by atoms with Gasteiger partial charge in [-0.15, -0.1) is 0 Å². The molecule has 0 radical (unpaired) electrons. The topological polar surface area (TPSA) is 89.7 Å². The number of carbonyl (C=O) groups excluding carboxylic acids is 1. The number of hydrogen-bond donors (Lipinski definition) is 1. The first kappa shape index (κ1) is 15.4. The van der Waals surface area contributed by atoms with Crippen LogP contribution < -0.4 is 5.73 Å². The predicted molar refractivity (Wildman–Crippen MR) is 68.4 cm³/mol. The van der Waals surface area contributed by atoms with Crippen molar-refractivity contribution in [1.82, 2.24) is 4.31 Å². The van der Waals surface area contributed by atoms with Crippen LogP contribution in [-0.2, 0) is 19.6 Å². The SMILES string of the molecule is COC(=O)CS(=O)(=O)N(C)C1CCCCC1CN. The average Bonchev–Trinajstić information content (AvgIpc) is 2.37. The van der Waals surface area contributed by atoms with Crippen LogP contribution in [0.3, 0.4) is 0 Å². The first-order valence-electron chi connectivity index (χ1n) is 6.15. The molecule has 1 fully saturated rings. The van der Waals surface area contributed by atoms with Gasteiger partial charge in [0.2, 0.25) is 10.0 Å². The Hall–Kier alpha value is -0.660. The van der Waals surface area contributed by atoms with Crippen molar-refractivity contribution in [3.63, 3.8) is 0 Å². The third-order valence-electron chi connectivity index (χ3n) is 3.61. The second kappa shape index (κ2) is 6.49. The number of sulfonamides is 1. The van der Waals surface area contributed by atoms with E-state index in [1.165, 1.54) is 18.5 Å². The average molecular weight is 278 g/mol. The molecule has 0 bridgehead atoms. The molecule has 1 aliphatic rings. The van der Waals surface area contributed by atoms with Crippen LogP contribution >= 0.6 is 0 Å². The van der Waals surface area contributed by atoms with Crippen molar-refractivity contribution in [3.8, 4) is 0 Å². The van der Waals surface area contributed by atoms with Crippen molar-refractivity contribution < 1.29 is 17.9 Å². The minimum absolute atomic E-state index is 0.0987. The monoisotopic (exact) mass is 278 g/mol. The van der Waals surface area contributed by atoms with Crippen LogP contribution in [0.1, 0.15) is 25.7 Å². The number of nitrogens with zero attached hydrogens (tertiary/aromatic N) is 1. The molecule has 0 heterocycles. The van der Waals surface area contributed by atoms with Gasteiger partial charge in [0, 0.05) is 13.1 Å². The molecule has 0 aliphatic heterocycles. The molecular formula is C11H22N2O4S. The molecule has 1 rings (SSSR count). The van der Waals surface area contributed by atoms with Gasteiger partial charge in [-0.05, 0) is 25.3 Å². The fourth-order valence-electron chi connectivity index (χ4n) is 2.46. The smallest absolute Gasteiger partial charge is 0.322 e. The van der Waals surface area contributed by atoms with Gasteiger partial charge >= 0.3 is 5.97 Å². The van der Waals surface area contributed by atoms with Gasteiger partial charge < -0.3 is 10.5 Å². The predicted octanol–water partition coefficient (Wildman–Crippen LogP) is -0.0615. The van der Waals surface area contributed by atoms with Crippen LogP contribution in [-0.4, -0.2) is 51.2 Å². The van der Waals surface area contributed by atoms with E-state index in [9.17, 15) is 13.2 Å². The van der Waals surface area contributed by atoms with Gasteiger partial charge in [0.05, 0.1) is 7.11 Å². The van der Waals surface area contributed by atoms with Crippen LogP contribution in [0, 0.1) is 5.92 Å². The van der Waals surface area contributed by atoms with Gasteiger partial charge in [-0.25, -0.2) is 12.7 Å². The Balaban J connectivity index is 2.77. The first-order chi connectivity index (χ1) is 8.42. The summed E-state index contributed by atoms with van der Waals surface area (Å²) in [6.07, 6.45) is 3.83. The molecule has 6 nitrogen and oxygen atoms in total. The lowest BCUT2D eigenvalue weighted by atomic mass is 9.85. The molecule has 0 spiro atoms. The molecule has 106 valence electrons. The second-order valence-electron chi connectivity index (χ2n) is 4.70. The second-order valence-corrected chi connectivity index (χ2v) is 6.72. The molecular weight excluding hydrogens is 256 g/mol. The quantitative estimate of drug-likeness (QED) is 0.711. The largest absolute Gasteiger partial charge is 0.468 e. The summed E-state index contributed by atoms with van der Waals surface area (Å²) in [6, 6.07) is -0.0987. The Morgan fingerprint density at radius 2 is 2.00 bits per heavy atom. The van der Waals surface area contributed by atoms with E-state index in [-0.39, 0.29) is 12.0 Å². The number of ether oxygens (including phenoxy) is 1. The summed E-state index contributed by atoms with van der Waals surface area (Å²) >= 11 is 0. The molecule has 0 amide bonds. The molecule has 0 aromatic rings. The van der Waals surface area contributed by atoms with Crippen LogP contribution in [0.15, 0.2) is 0 Å². The van der Waals surface area contributed by atoms with Gasteiger partial charge in [0.1, 0.15) is 0 Å². The molecule has 2 atom stereocenters. The lowest BCUT2D eigenvalue weighted by Crippen LogP contribution is -2.47. The molecule has 0 aromatic carbocycles. The summed E-state index contributed by atoms with van der Waals surface area (Å²) in [7, 11) is -0.905. The normalized spacial score (nSPS) is 25.1. The summed E-state index contributed by atoms with van der Waals surface area (Å²) < 4.78 is 29.8. The van der Waals surface area contributed by atoms with E-state index in [2.05, 4.69) is 4.74 Å². The van der Waals surface area contributed by atoms with Gasteiger partial charge in [0.15, 0.2) is 5.75 Å². The summed E-state index contributed by atoms with van der Waals surface area (Å²) in [6.45, 7) is 0.475. The fourth-order valence-corrected chi connectivity index (χ4v) is 3.77. The Labute approximate surface area is 109 Å². The number of carbonyl (C=O) groups is 1. The molecule has 0 saturated heterocycles. The maximum absolute atomic E-state index is 12.0. The third-order valence-corrected chi connectivity index (χ3v) is 5.35. The van der Waals surface area contributed by atoms with Crippen LogP contribution in [0.2, 0.25) is 0 Å². The first-order valence-corrected chi connectivity index (χ1v) is 7.76. The molecule has 1 aliphatic carbocycles. The van der Waals surface area contributed by atoms with Crippen LogP contribution in [0.4, 0.5) is 0 Å². The van der Waals surface area contributed by atoms with Crippen molar-refractivity contribution in [2.45, 2.75) is 31.7 Å². The summed E-state index contributed by atoms with van der Waals surface area (Å²) in [4.78, 5) is 11.1. The maximum Gasteiger partial charge on any atom is 0.322 e. The van der Waals surface area contributed by atoms with Gasteiger partial charge in [-0.1, -0.05) is 12.8 Å². The van der Waals surface area contributed by atoms with Crippen molar-refractivity contribution in [3.05, 3.63) is 0 Å². The lowest BCUT2D eigenvalue weighted by Gasteiger charge is -2.36. The van der Waals surface area contributed by atoms with Crippen molar-refractivity contribution in [2.75, 3.05) is 26.5 Å². The molecule has 18 heavy (non-hydrogen) atoms. The fraction of sp³-hybridized carbons (Fsp3) is 0.909. The summed E-state index contributed by atoms with van der Waals surface area (Å²) in [5.74, 6) is -1.16. The Morgan fingerprint density at radius 1 is 1.39 bits per heavy atom. The number of hydrogen-bond acceptors (Lipinski definition) is 5. The van der Waals surface area contributed by atoms with E-state index in [0.717, 1.165) is 25.7 Å². The van der Waals surface area contributed by atoms with Gasteiger partial charge in [0.25, 0.3) is 0 Å². The number of rotatable bonds is 5. The standard InChI is InChI=1S/C11H22N2O4S/c1-13(18(15,16)8-11(14)17-2)10-6-4-3-5-9(10)7-12/h9-10H,3-8,12H2,1-2H3. The van der Waals surface area contributed by atoms with Crippen LogP contribution in [0.25, 0.3) is 0 Å². The van der Waals surface area contributed by atoms with E-state index >= 15 is 0 Å². The summed E-state index contributed by atoms with van der Waals surface area (Å²) in [5, 5.41) is 0. The highest BCUT2D eigenvalue weighted by Gasteiger charge is 2.34.